The van der Waals surface area contributed by atoms with Crippen LogP contribution in [0, 0.1) is 29.1 Å². The molecular formula is C13H9IN3P. The molecule has 1 fully saturated rings. The molecule has 3 rings (SSSR count). The van der Waals surface area contributed by atoms with Gasteiger partial charge in [0.05, 0.1) is 23.7 Å². The lowest BCUT2D eigenvalue weighted by Gasteiger charge is -2.00. The fourth-order valence-corrected chi connectivity index (χ4v) is 3.34. The molecule has 0 amide bonds. The van der Waals surface area contributed by atoms with E-state index in [9.17, 15) is 5.26 Å². The van der Waals surface area contributed by atoms with Crippen molar-refractivity contribution in [2.24, 2.45) is 5.92 Å². The van der Waals surface area contributed by atoms with Crippen LogP contribution in [-0.2, 0) is 0 Å². The Bertz CT molecular complexity index is 713. The minimum absolute atomic E-state index is 0.540. The molecule has 0 aliphatic heterocycles. The second kappa shape index (κ2) is 4.88. The van der Waals surface area contributed by atoms with Crippen molar-refractivity contribution < 1.29 is 0 Å². The lowest BCUT2D eigenvalue weighted by molar-refractivity contribution is 1.04. The Kier molecular flexibility index (Phi) is 3.24. The van der Waals surface area contributed by atoms with Crippen LogP contribution in [0.3, 0.4) is 0 Å². The molecule has 1 aromatic carbocycles. The number of hydrogen-bond donors (Lipinski definition) is 0. The second-order valence-corrected chi connectivity index (χ2v) is 6.26. The summed E-state index contributed by atoms with van der Waals surface area (Å²) in [6, 6.07) is 6.21. The van der Waals surface area contributed by atoms with Crippen LogP contribution in [-0.4, -0.2) is 9.55 Å². The van der Waals surface area contributed by atoms with Gasteiger partial charge in [0.2, 0.25) is 0 Å². The second-order valence-electron chi connectivity index (χ2n) is 4.22. The van der Waals surface area contributed by atoms with E-state index in [4.69, 9.17) is 0 Å². The Morgan fingerprint density at radius 3 is 2.94 bits per heavy atom. The summed E-state index contributed by atoms with van der Waals surface area (Å²) in [6.07, 6.45) is 4.70. The smallest absolute Gasteiger partial charge is 0.101 e. The largest absolute Gasteiger partial charge is 0.237 e. The van der Waals surface area contributed by atoms with Crippen molar-refractivity contribution in [3.8, 4) is 17.9 Å². The first-order valence-corrected chi connectivity index (χ1v) is 9.68. The lowest BCUT2D eigenvalue weighted by Crippen LogP contribution is -1.87. The molecule has 1 saturated carbocycles. The van der Waals surface area contributed by atoms with Gasteiger partial charge in [-0.3, -0.25) is 0 Å². The van der Waals surface area contributed by atoms with Gasteiger partial charge in [0, 0.05) is 16.9 Å². The Balaban J connectivity index is 2.17. The maximum atomic E-state index is 9.32. The Morgan fingerprint density at radius 2 is 2.28 bits per heavy atom. The fraction of sp³-hybridized carbons (Fsp3) is 0.231. The van der Waals surface area contributed by atoms with E-state index in [2.05, 4.69) is 45.0 Å². The van der Waals surface area contributed by atoms with Gasteiger partial charge in [-0.1, -0.05) is 11.8 Å². The molecule has 18 heavy (non-hydrogen) atoms. The zero-order valence-electron chi connectivity index (χ0n) is 9.44. The van der Waals surface area contributed by atoms with Crippen LogP contribution >= 0.6 is 28.4 Å². The molecule has 0 spiro atoms. The number of halogens is 1. The van der Waals surface area contributed by atoms with Crippen LogP contribution in [0.2, 0.25) is 0 Å². The third-order valence-corrected chi connectivity index (χ3v) is 4.82. The standard InChI is InChI=1S/C13H9IN3P/c14-18-17-13-6-5-10(4-3-9-1-2-9)11(7-15)12(13)8-16-17/h5-6,8-9,18H,1-2H2. The van der Waals surface area contributed by atoms with Crippen LogP contribution in [0.15, 0.2) is 18.3 Å². The predicted molar refractivity (Wildman–Crippen MR) is 81.8 cm³/mol. The minimum Gasteiger partial charge on any atom is -0.237 e. The van der Waals surface area contributed by atoms with Gasteiger partial charge >= 0.3 is 0 Å². The molecule has 1 aliphatic carbocycles. The summed E-state index contributed by atoms with van der Waals surface area (Å²) in [4.78, 5) is 0. The summed E-state index contributed by atoms with van der Waals surface area (Å²) >= 11 is 2.28. The molecule has 3 nitrogen and oxygen atoms in total. The molecule has 2 aromatic rings. The van der Waals surface area contributed by atoms with Crippen LogP contribution in [0.1, 0.15) is 24.0 Å². The van der Waals surface area contributed by atoms with E-state index in [1.165, 1.54) is 12.8 Å². The lowest BCUT2D eigenvalue weighted by atomic mass is 10.0. The van der Waals surface area contributed by atoms with Crippen molar-refractivity contribution in [1.29, 1.82) is 5.26 Å². The van der Waals surface area contributed by atoms with Crippen LogP contribution in [0.5, 0.6) is 0 Å². The molecule has 0 radical (unpaired) electrons. The van der Waals surface area contributed by atoms with Crippen molar-refractivity contribution in [1.82, 2.24) is 9.55 Å². The van der Waals surface area contributed by atoms with Crippen LogP contribution < -0.4 is 0 Å². The fourth-order valence-electron chi connectivity index (χ4n) is 1.80. The molecule has 5 heteroatoms. The summed E-state index contributed by atoms with van der Waals surface area (Å²) in [5.41, 5.74) is 2.49. The van der Waals surface area contributed by atoms with Gasteiger partial charge in [0.15, 0.2) is 0 Å². The molecule has 1 atom stereocenters. The van der Waals surface area contributed by atoms with Gasteiger partial charge in [-0.2, -0.15) is 10.4 Å². The number of aromatic nitrogens is 2. The van der Waals surface area contributed by atoms with Crippen molar-refractivity contribution in [3.63, 3.8) is 0 Å². The van der Waals surface area contributed by atoms with Gasteiger partial charge < -0.3 is 0 Å². The first kappa shape index (κ1) is 12.0. The van der Waals surface area contributed by atoms with Crippen molar-refractivity contribution in [3.05, 3.63) is 29.5 Å². The van der Waals surface area contributed by atoms with Crippen molar-refractivity contribution in [2.45, 2.75) is 12.8 Å². The van der Waals surface area contributed by atoms with Crippen LogP contribution in [0.25, 0.3) is 10.9 Å². The molecule has 1 heterocycles. The summed E-state index contributed by atoms with van der Waals surface area (Å²) in [6.45, 7) is 0. The molecule has 88 valence electrons. The number of nitrogens with zero attached hydrogens (tertiary/aromatic N) is 3. The van der Waals surface area contributed by atoms with Gasteiger partial charge in [0.25, 0.3) is 0 Å². The number of hydrogen-bond acceptors (Lipinski definition) is 2. The van der Waals surface area contributed by atoms with Gasteiger partial charge in [-0.15, -0.1) is 0 Å². The van der Waals surface area contributed by atoms with E-state index in [0.29, 0.717) is 17.9 Å². The molecule has 1 aromatic heterocycles. The maximum Gasteiger partial charge on any atom is 0.101 e. The highest BCUT2D eigenvalue weighted by Crippen LogP contribution is 2.31. The topological polar surface area (TPSA) is 41.6 Å². The average molecular weight is 365 g/mol. The number of rotatable bonds is 1. The summed E-state index contributed by atoms with van der Waals surface area (Å²) in [7, 11) is 0. The molecule has 0 N–H and O–H groups in total. The van der Waals surface area contributed by atoms with E-state index >= 15 is 0 Å². The average Bonchev–Trinajstić information content (AvgIpc) is 3.13. The van der Waals surface area contributed by atoms with E-state index in [1.54, 1.807) is 6.20 Å². The third-order valence-electron chi connectivity index (χ3n) is 2.93. The van der Waals surface area contributed by atoms with Gasteiger partial charge in [-0.05, 0) is 47.0 Å². The Morgan fingerprint density at radius 1 is 1.44 bits per heavy atom. The number of fused-ring (bicyclic) bond motifs is 1. The van der Waals surface area contributed by atoms with E-state index in [0.717, 1.165) is 16.5 Å². The highest BCUT2D eigenvalue weighted by Gasteiger charge is 2.18. The first-order chi connectivity index (χ1) is 8.83. The molecule has 1 aliphatic rings. The van der Waals surface area contributed by atoms with Crippen LogP contribution in [0.4, 0.5) is 0 Å². The predicted octanol–water partition coefficient (Wildman–Crippen LogP) is 3.46. The normalized spacial score (nSPS) is 14.7. The minimum atomic E-state index is 0.540. The molecule has 0 saturated heterocycles. The molecule has 0 bridgehead atoms. The quantitative estimate of drug-likeness (QED) is 0.441. The first-order valence-electron chi connectivity index (χ1n) is 5.62. The third kappa shape index (κ3) is 2.11. The summed E-state index contributed by atoms with van der Waals surface area (Å²) < 4.78 is 1.91. The van der Waals surface area contributed by atoms with Crippen molar-refractivity contribution >= 4 is 39.3 Å². The summed E-state index contributed by atoms with van der Waals surface area (Å²) in [5.74, 6) is 6.89. The zero-order chi connectivity index (χ0) is 12.5. The number of benzene rings is 1. The van der Waals surface area contributed by atoms with Gasteiger partial charge in [-0.25, -0.2) is 4.45 Å². The molecule has 1 unspecified atom stereocenters. The van der Waals surface area contributed by atoms with Crippen molar-refractivity contribution in [2.75, 3.05) is 0 Å². The Labute approximate surface area is 120 Å². The molecular weight excluding hydrogens is 356 g/mol. The highest BCUT2D eigenvalue weighted by atomic mass is 127. The zero-order valence-corrected chi connectivity index (χ0v) is 12.6. The van der Waals surface area contributed by atoms with E-state index in [-0.39, 0.29) is 0 Å². The monoisotopic (exact) mass is 365 g/mol. The SMILES string of the molecule is N#Cc1c(C#CC2CC2)ccc2c1cnn2PI. The number of nitriles is 1. The van der Waals surface area contributed by atoms with Gasteiger partial charge in [0.1, 0.15) is 6.07 Å². The highest BCUT2D eigenvalue weighted by molar-refractivity contribution is 14.2. The van der Waals surface area contributed by atoms with E-state index in [1.807, 2.05) is 16.6 Å². The van der Waals surface area contributed by atoms with E-state index < -0.39 is 0 Å². The Hall–Kier alpha value is -1.10. The summed E-state index contributed by atoms with van der Waals surface area (Å²) in [5, 5.41) is 14.5. The maximum absolute atomic E-state index is 9.32.